The van der Waals surface area contributed by atoms with Gasteiger partial charge in [0.1, 0.15) is 0 Å². The van der Waals surface area contributed by atoms with E-state index >= 15 is 0 Å². The predicted molar refractivity (Wildman–Crippen MR) is 139 cm³/mol. The average Bonchev–Trinajstić information content (AvgIpc) is 3.24. The van der Waals surface area contributed by atoms with E-state index in [1.165, 1.54) is 47.9 Å². The molecule has 34 heavy (non-hydrogen) atoms. The molecule has 5 nitrogen and oxygen atoms in total. The molecule has 0 spiro atoms. The number of carbonyl (C=O) groups excluding carboxylic acids is 1. The predicted octanol–water partition coefficient (Wildman–Crippen LogP) is 5.63. The zero-order valence-electron chi connectivity index (χ0n) is 20.4. The van der Waals surface area contributed by atoms with Crippen molar-refractivity contribution in [2.45, 2.75) is 71.4 Å². The summed E-state index contributed by atoms with van der Waals surface area (Å²) in [5, 5.41) is 5.55. The number of amides is 1. The highest BCUT2D eigenvalue weighted by Gasteiger charge is 2.25. The Morgan fingerprint density at radius 3 is 2.85 bits per heavy atom. The van der Waals surface area contributed by atoms with Crippen LogP contribution in [0.4, 0.5) is 0 Å². The Bertz CT molecular complexity index is 1130. The quantitative estimate of drug-likeness (QED) is 0.480. The minimum atomic E-state index is 0.0336. The lowest BCUT2D eigenvalue weighted by atomic mass is 9.84. The number of nitrogens with one attached hydrogen (secondary N) is 1. The number of rotatable bonds is 7. The zero-order valence-corrected chi connectivity index (χ0v) is 21.2. The van der Waals surface area contributed by atoms with Gasteiger partial charge < -0.3 is 5.32 Å². The third kappa shape index (κ3) is 5.49. The molecule has 6 heteroatoms. The molecule has 1 aliphatic heterocycles. The Hall–Kier alpha value is -2.31. The fraction of sp³-hybridized carbons (Fsp3) is 0.536. The van der Waals surface area contributed by atoms with Gasteiger partial charge in [-0.15, -0.1) is 11.3 Å². The highest BCUT2D eigenvalue weighted by molar-refractivity contribution is 7.11. The van der Waals surface area contributed by atoms with Gasteiger partial charge in [-0.25, -0.2) is 4.98 Å². The molecule has 2 aromatic heterocycles. The first-order valence-electron chi connectivity index (χ1n) is 12.9. The molecule has 1 aromatic carbocycles. The van der Waals surface area contributed by atoms with Gasteiger partial charge in [0, 0.05) is 47.6 Å². The third-order valence-corrected chi connectivity index (χ3v) is 8.54. The topological polar surface area (TPSA) is 58.1 Å². The molecule has 0 unspecified atom stereocenters. The monoisotopic (exact) mass is 476 g/mol. The second kappa shape index (κ2) is 10.5. The molecular formula is C28H36N4OS. The molecule has 0 radical (unpaired) electrons. The van der Waals surface area contributed by atoms with Gasteiger partial charge in [0.25, 0.3) is 5.91 Å². The fourth-order valence-corrected chi connectivity index (χ4v) is 6.74. The van der Waals surface area contributed by atoms with E-state index in [0.717, 1.165) is 54.6 Å². The van der Waals surface area contributed by atoms with Gasteiger partial charge in [-0.1, -0.05) is 26.0 Å². The van der Waals surface area contributed by atoms with E-state index in [4.69, 9.17) is 4.98 Å². The van der Waals surface area contributed by atoms with Crippen molar-refractivity contribution in [3.8, 4) is 0 Å². The number of hydrogen-bond donors (Lipinski definition) is 1. The number of benzene rings is 1. The lowest BCUT2D eigenvalue weighted by molar-refractivity contribution is 0.0921. The number of hydrogen-bond acceptors (Lipinski definition) is 5. The molecule has 1 fully saturated rings. The van der Waals surface area contributed by atoms with E-state index in [2.05, 4.69) is 29.0 Å². The fourth-order valence-electron chi connectivity index (χ4n) is 5.46. The lowest BCUT2D eigenvalue weighted by Gasteiger charge is -2.32. The summed E-state index contributed by atoms with van der Waals surface area (Å²) in [6.45, 7) is 7.90. The molecule has 3 heterocycles. The third-order valence-electron chi connectivity index (χ3n) is 7.36. The van der Waals surface area contributed by atoms with Crippen molar-refractivity contribution in [1.82, 2.24) is 20.2 Å². The number of nitrogens with zero attached hydrogens (tertiary/aromatic N) is 3. The maximum absolute atomic E-state index is 13.0. The summed E-state index contributed by atoms with van der Waals surface area (Å²) in [5.41, 5.74) is 2.94. The van der Waals surface area contributed by atoms with Crippen molar-refractivity contribution in [3.05, 3.63) is 57.7 Å². The van der Waals surface area contributed by atoms with Crippen LogP contribution in [0.25, 0.3) is 10.9 Å². The van der Waals surface area contributed by atoms with Gasteiger partial charge >= 0.3 is 0 Å². The van der Waals surface area contributed by atoms with Crippen molar-refractivity contribution in [2.24, 2.45) is 11.8 Å². The SMILES string of the molecule is CC(C)Cc1nc2c(s1)CCN(CCC1CCC(NC(=O)c3cccc4ncccc34)CC1)C2. The summed E-state index contributed by atoms with van der Waals surface area (Å²) in [4.78, 5) is 26.4. The maximum Gasteiger partial charge on any atom is 0.252 e. The molecule has 3 aromatic rings. The first kappa shape index (κ1) is 23.4. The smallest absolute Gasteiger partial charge is 0.252 e. The maximum atomic E-state index is 13.0. The number of thiazole rings is 1. The summed E-state index contributed by atoms with van der Waals surface area (Å²) in [6, 6.07) is 9.94. The molecule has 180 valence electrons. The van der Waals surface area contributed by atoms with Crippen LogP contribution >= 0.6 is 11.3 Å². The van der Waals surface area contributed by atoms with Crippen LogP contribution in [0.15, 0.2) is 36.5 Å². The van der Waals surface area contributed by atoms with Crippen LogP contribution in [-0.2, 0) is 19.4 Å². The van der Waals surface area contributed by atoms with Crippen molar-refractivity contribution < 1.29 is 4.79 Å². The largest absolute Gasteiger partial charge is 0.349 e. The molecule has 5 rings (SSSR count). The van der Waals surface area contributed by atoms with E-state index < -0.39 is 0 Å². The molecule has 1 aliphatic carbocycles. The van der Waals surface area contributed by atoms with Gasteiger partial charge in [0.2, 0.25) is 0 Å². The molecule has 1 amide bonds. The highest BCUT2D eigenvalue weighted by Crippen LogP contribution is 2.30. The van der Waals surface area contributed by atoms with E-state index in [0.29, 0.717) is 5.92 Å². The normalized spacial score (nSPS) is 21.0. The number of carbonyl (C=O) groups is 1. The number of pyridine rings is 1. The van der Waals surface area contributed by atoms with Crippen LogP contribution < -0.4 is 5.32 Å². The van der Waals surface area contributed by atoms with Crippen molar-refractivity contribution in [1.29, 1.82) is 0 Å². The van der Waals surface area contributed by atoms with Gasteiger partial charge in [0.05, 0.1) is 16.2 Å². The second-order valence-corrected chi connectivity index (χ2v) is 11.6. The van der Waals surface area contributed by atoms with Gasteiger partial charge in [-0.3, -0.25) is 14.7 Å². The van der Waals surface area contributed by atoms with Gasteiger partial charge in [0.15, 0.2) is 0 Å². The van der Waals surface area contributed by atoms with Crippen LogP contribution in [-0.4, -0.2) is 39.9 Å². The Kier molecular flexibility index (Phi) is 7.26. The van der Waals surface area contributed by atoms with E-state index in [1.807, 2.05) is 41.7 Å². The highest BCUT2D eigenvalue weighted by atomic mass is 32.1. The zero-order chi connectivity index (χ0) is 23.5. The Balaban J connectivity index is 1.08. The lowest BCUT2D eigenvalue weighted by Crippen LogP contribution is -2.38. The summed E-state index contributed by atoms with van der Waals surface area (Å²) in [5.74, 6) is 1.47. The second-order valence-electron chi connectivity index (χ2n) is 10.5. The minimum absolute atomic E-state index is 0.0336. The molecule has 0 atom stereocenters. The summed E-state index contributed by atoms with van der Waals surface area (Å²) in [7, 11) is 0. The molecule has 1 N–H and O–H groups in total. The van der Waals surface area contributed by atoms with Crippen molar-refractivity contribution in [2.75, 3.05) is 13.1 Å². The molecule has 0 bridgehead atoms. The minimum Gasteiger partial charge on any atom is -0.349 e. The number of aromatic nitrogens is 2. The van der Waals surface area contributed by atoms with Gasteiger partial charge in [-0.05, 0) is 75.1 Å². The first-order chi connectivity index (χ1) is 16.5. The van der Waals surface area contributed by atoms with E-state index in [-0.39, 0.29) is 11.9 Å². The summed E-state index contributed by atoms with van der Waals surface area (Å²) >= 11 is 1.94. The molecule has 1 saturated carbocycles. The first-order valence-corrected chi connectivity index (χ1v) is 13.7. The molecule has 0 saturated heterocycles. The van der Waals surface area contributed by atoms with E-state index in [1.54, 1.807) is 6.20 Å². The molecular weight excluding hydrogens is 440 g/mol. The van der Waals surface area contributed by atoms with E-state index in [9.17, 15) is 4.79 Å². The van der Waals surface area contributed by atoms with Crippen LogP contribution in [0.5, 0.6) is 0 Å². The standard InChI is InChI=1S/C28H36N4OS/c1-19(2)17-27-31-25-18-32(16-13-26(25)34-27)15-12-20-8-10-21(11-9-20)30-28(33)23-5-3-7-24-22(23)6-4-14-29-24/h3-7,14,19-21H,8-13,15-18H2,1-2H3,(H,30,33). The van der Waals surface area contributed by atoms with Crippen molar-refractivity contribution >= 4 is 28.1 Å². The number of fused-ring (bicyclic) bond motifs is 2. The Morgan fingerprint density at radius 2 is 2.03 bits per heavy atom. The molecule has 2 aliphatic rings. The summed E-state index contributed by atoms with van der Waals surface area (Å²) < 4.78 is 0. The average molecular weight is 477 g/mol. The van der Waals surface area contributed by atoms with Crippen molar-refractivity contribution in [3.63, 3.8) is 0 Å². The van der Waals surface area contributed by atoms with Gasteiger partial charge in [-0.2, -0.15) is 0 Å². The van der Waals surface area contributed by atoms with Crippen LogP contribution in [0, 0.1) is 11.8 Å². The Morgan fingerprint density at radius 1 is 1.18 bits per heavy atom. The summed E-state index contributed by atoms with van der Waals surface area (Å²) in [6.07, 6.45) is 9.86. The Labute approximate surface area is 207 Å². The van der Waals surface area contributed by atoms with Crippen LogP contribution in [0.3, 0.4) is 0 Å². The van der Waals surface area contributed by atoms with Crippen LogP contribution in [0.2, 0.25) is 0 Å². The van der Waals surface area contributed by atoms with Crippen LogP contribution in [0.1, 0.15) is 71.9 Å².